The van der Waals surface area contributed by atoms with Gasteiger partial charge in [0.15, 0.2) is 11.5 Å². The molecule has 2 aliphatic carbocycles. The predicted molar refractivity (Wildman–Crippen MR) is 111 cm³/mol. The van der Waals surface area contributed by atoms with E-state index in [9.17, 15) is 4.79 Å². The highest BCUT2D eigenvalue weighted by atomic mass is 16.1. The largest absolute Gasteiger partial charge is 0.364 e. The molecule has 2 heterocycles. The first-order valence-electron chi connectivity index (χ1n) is 9.96. The first-order chi connectivity index (χ1) is 14.0. The summed E-state index contributed by atoms with van der Waals surface area (Å²) in [6, 6.07) is 8.69. The Morgan fingerprint density at radius 2 is 2.07 bits per heavy atom. The van der Waals surface area contributed by atoms with Gasteiger partial charge in [-0.15, -0.1) is 10.2 Å². The highest BCUT2D eigenvalue weighted by Gasteiger charge is 2.38. The Labute approximate surface area is 167 Å². The van der Waals surface area contributed by atoms with Gasteiger partial charge >= 0.3 is 0 Å². The lowest BCUT2D eigenvalue weighted by Gasteiger charge is -2.28. The lowest BCUT2D eigenvalue weighted by Crippen LogP contribution is -2.32. The first kappa shape index (κ1) is 17.9. The van der Waals surface area contributed by atoms with E-state index in [-0.39, 0.29) is 17.1 Å². The predicted octanol–water partition coefficient (Wildman–Crippen LogP) is 2.30. The molecule has 2 saturated carbocycles. The fourth-order valence-corrected chi connectivity index (χ4v) is 3.65. The number of benzene rings is 1. The molecule has 0 bridgehead atoms. The average Bonchev–Trinajstić information content (AvgIpc) is 3.25. The van der Waals surface area contributed by atoms with Crippen LogP contribution < -0.4 is 22.1 Å². The molecular formula is C20H24N8O. The zero-order valence-electron chi connectivity index (χ0n) is 16.1. The van der Waals surface area contributed by atoms with E-state index in [1.165, 1.54) is 19.3 Å². The standard InChI is InChI=1S/C20H24N8O/c21-17(29)16-18(25-19(27-26-16)23-11-20(22)8-9-20)24-14-5-2-6-15-13(14)7-10-28(15)12-3-1-4-12/h2,5-7,10,12H,1,3-4,8-9,11,22H2,(H2,21,29)(H2,23,24,25,27). The van der Waals surface area contributed by atoms with Crippen LogP contribution in [0.1, 0.15) is 48.6 Å². The second kappa shape index (κ2) is 6.70. The van der Waals surface area contributed by atoms with Crippen molar-refractivity contribution in [3.63, 3.8) is 0 Å². The van der Waals surface area contributed by atoms with E-state index in [0.29, 0.717) is 18.5 Å². The topological polar surface area (TPSA) is 137 Å². The van der Waals surface area contributed by atoms with E-state index < -0.39 is 5.91 Å². The van der Waals surface area contributed by atoms with Gasteiger partial charge in [-0.25, -0.2) is 0 Å². The van der Waals surface area contributed by atoms with Crippen molar-refractivity contribution in [1.82, 2.24) is 19.7 Å². The van der Waals surface area contributed by atoms with Crippen LogP contribution in [0.25, 0.3) is 10.9 Å². The molecular weight excluding hydrogens is 368 g/mol. The van der Waals surface area contributed by atoms with Crippen LogP contribution in [0.5, 0.6) is 0 Å². The molecule has 0 atom stereocenters. The molecule has 9 nitrogen and oxygen atoms in total. The Hall–Kier alpha value is -3.20. The van der Waals surface area contributed by atoms with E-state index in [4.69, 9.17) is 11.5 Å². The molecule has 0 radical (unpaired) electrons. The molecule has 150 valence electrons. The van der Waals surface area contributed by atoms with Gasteiger partial charge in [0.05, 0.1) is 5.52 Å². The fourth-order valence-electron chi connectivity index (χ4n) is 3.65. The van der Waals surface area contributed by atoms with Gasteiger partial charge in [-0.05, 0) is 50.3 Å². The average molecular weight is 392 g/mol. The summed E-state index contributed by atoms with van der Waals surface area (Å²) in [4.78, 5) is 16.3. The number of primary amides is 1. The summed E-state index contributed by atoms with van der Waals surface area (Å²) < 4.78 is 2.32. The van der Waals surface area contributed by atoms with Gasteiger partial charge in [0, 0.05) is 35.4 Å². The second-order valence-electron chi connectivity index (χ2n) is 8.08. The SMILES string of the molecule is NC(=O)c1nnc(NCC2(N)CC2)nc1Nc1cccc2c1ccn2C1CCC1. The van der Waals surface area contributed by atoms with Crippen LogP contribution in [0, 0.1) is 0 Å². The number of rotatable bonds is 7. The molecule has 0 spiro atoms. The summed E-state index contributed by atoms with van der Waals surface area (Å²) >= 11 is 0. The van der Waals surface area contributed by atoms with Crippen LogP contribution in [0.2, 0.25) is 0 Å². The van der Waals surface area contributed by atoms with Crippen molar-refractivity contribution in [3.05, 3.63) is 36.2 Å². The van der Waals surface area contributed by atoms with Crippen molar-refractivity contribution in [1.29, 1.82) is 0 Å². The van der Waals surface area contributed by atoms with Gasteiger partial charge in [-0.3, -0.25) is 4.79 Å². The summed E-state index contributed by atoms with van der Waals surface area (Å²) in [5.41, 5.74) is 13.4. The zero-order chi connectivity index (χ0) is 20.0. The Bertz CT molecular complexity index is 1080. The minimum Gasteiger partial charge on any atom is -0.364 e. The molecule has 1 amide bonds. The van der Waals surface area contributed by atoms with Crippen LogP contribution in [0.15, 0.2) is 30.5 Å². The molecule has 1 aromatic carbocycles. The molecule has 29 heavy (non-hydrogen) atoms. The number of nitrogens with two attached hydrogens (primary N) is 2. The highest BCUT2D eigenvalue weighted by Crippen LogP contribution is 2.37. The molecule has 9 heteroatoms. The summed E-state index contributed by atoms with van der Waals surface area (Å²) in [6.07, 6.45) is 7.75. The lowest BCUT2D eigenvalue weighted by atomic mass is 9.93. The number of nitrogens with zero attached hydrogens (tertiary/aromatic N) is 4. The molecule has 3 aromatic rings. The molecule has 2 aromatic heterocycles. The monoisotopic (exact) mass is 392 g/mol. The summed E-state index contributed by atoms with van der Waals surface area (Å²) in [5, 5.41) is 15.3. The third kappa shape index (κ3) is 3.38. The molecule has 6 N–H and O–H groups in total. The minimum atomic E-state index is -0.684. The number of nitrogens with one attached hydrogen (secondary N) is 2. The summed E-state index contributed by atoms with van der Waals surface area (Å²) in [5.74, 6) is -0.0926. The highest BCUT2D eigenvalue weighted by molar-refractivity contribution is 5.99. The van der Waals surface area contributed by atoms with Crippen molar-refractivity contribution in [2.24, 2.45) is 11.5 Å². The third-order valence-corrected chi connectivity index (χ3v) is 5.90. The van der Waals surface area contributed by atoms with Gasteiger partial charge in [0.1, 0.15) is 0 Å². The fraction of sp³-hybridized carbons (Fsp3) is 0.400. The Morgan fingerprint density at radius 3 is 2.76 bits per heavy atom. The zero-order valence-corrected chi connectivity index (χ0v) is 16.1. The second-order valence-corrected chi connectivity index (χ2v) is 8.08. The van der Waals surface area contributed by atoms with E-state index in [2.05, 4.69) is 48.7 Å². The van der Waals surface area contributed by atoms with Crippen molar-refractivity contribution in [3.8, 4) is 0 Å². The summed E-state index contributed by atoms with van der Waals surface area (Å²) in [6.45, 7) is 0.559. The van der Waals surface area contributed by atoms with Crippen LogP contribution in [0.3, 0.4) is 0 Å². The minimum absolute atomic E-state index is 0.000127. The Balaban J connectivity index is 1.46. The van der Waals surface area contributed by atoms with Gasteiger partial charge in [-0.2, -0.15) is 4.98 Å². The Kier molecular flexibility index (Phi) is 4.13. The molecule has 0 unspecified atom stereocenters. The molecule has 2 fully saturated rings. The number of anilines is 3. The quantitative estimate of drug-likeness (QED) is 0.484. The normalized spacial score (nSPS) is 17.7. The molecule has 2 aliphatic rings. The summed E-state index contributed by atoms with van der Waals surface area (Å²) in [7, 11) is 0. The van der Waals surface area contributed by atoms with Crippen molar-refractivity contribution < 1.29 is 4.79 Å². The van der Waals surface area contributed by atoms with Crippen molar-refractivity contribution >= 4 is 34.3 Å². The van der Waals surface area contributed by atoms with E-state index >= 15 is 0 Å². The number of amides is 1. The maximum absolute atomic E-state index is 11.8. The van der Waals surface area contributed by atoms with Crippen molar-refractivity contribution in [2.45, 2.75) is 43.7 Å². The Morgan fingerprint density at radius 1 is 1.24 bits per heavy atom. The van der Waals surface area contributed by atoms with Crippen LogP contribution in [0.4, 0.5) is 17.5 Å². The van der Waals surface area contributed by atoms with Crippen LogP contribution in [-0.2, 0) is 0 Å². The number of hydrogen-bond acceptors (Lipinski definition) is 7. The third-order valence-electron chi connectivity index (χ3n) is 5.90. The lowest BCUT2D eigenvalue weighted by molar-refractivity contribution is 0.0995. The van der Waals surface area contributed by atoms with E-state index in [1.807, 2.05) is 12.1 Å². The maximum Gasteiger partial charge on any atom is 0.273 e. The van der Waals surface area contributed by atoms with Crippen LogP contribution >= 0.6 is 0 Å². The maximum atomic E-state index is 11.8. The number of carbonyl (C=O) groups excluding carboxylic acids is 1. The first-order valence-corrected chi connectivity index (χ1v) is 9.96. The number of fused-ring (bicyclic) bond motifs is 1. The number of aromatic nitrogens is 4. The van der Waals surface area contributed by atoms with E-state index in [1.54, 1.807) is 0 Å². The van der Waals surface area contributed by atoms with Gasteiger partial charge in [0.2, 0.25) is 5.95 Å². The van der Waals surface area contributed by atoms with Gasteiger partial charge in [0.25, 0.3) is 5.91 Å². The molecule has 0 aliphatic heterocycles. The molecule has 5 rings (SSSR count). The number of hydrogen-bond donors (Lipinski definition) is 4. The van der Waals surface area contributed by atoms with Gasteiger partial charge < -0.3 is 26.7 Å². The van der Waals surface area contributed by atoms with E-state index in [0.717, 1.165) is 29.4 Å². The van der Waals surface area contributed by atoms with Gasteiger partial charge in [-0.1, -0.05) is 6.07 Å². The smallest absolute Gasteiger partial charge is 0.273 e. The molecule has 0 saturated heterocycles. The number of carbonyl (C=O) groups is 1. The van der Waals surface area contributed by atoms with Crippen molar-refractivity contribution in [2.75, 3.05) is 17.2 Å². The van der Waals surface area contributed by atoms with Crippen LogP contribution in [-0.4, -0.2) is 37.7 Å².